The van der Waals surface area contributed by atoms with Crippen molar-refractivity contribution in [1.82, 2.24) is 0 Å². The molecule has 6 aromatic carbocycles. The number of hydrogen-bond donors (Lipinski definition) is 0. The predicted molar refractivity (Wildman–Crippen MR) is 201 cm³/mol. The minimum atomic E-state index is 0.167. The summed E-state index contributed by atoms with van der Waals surface area (Å²) in [7, 11) is 0. The molecule has 0 saturated carbocycles. The summed E-state index contributed by atoms with van der Waals surface area (Å²) in [6, 6.07) is 54.5. The van der Waals surface area contributed by atoms with Crippen LogP contribution in [0.3, 0.4) is 0 Å². The molecule has 0 heterocycles. The van der Waals surface area contributed by atoms with Gasteiger partial charge in [-0.15, -0.1) is 16.7 Å². The van der Waals surface area contributed by atoms with Crippen LogP contribution in [0.2, 0.25) is 0 Å². The molecule has 0 spiro atoms. The van der Waals surface area contributed by atoms with Gasteiger partial charge in [0, 0.05) is 0 Å². The Kier molecular flexibility index (Phi) is 10.1. The van der Waals surface area contributed by atoms with Crippen molar-refractivity contribution in [3.05, 3.63) is 190 Å². The van der Waals surface area contributed by atoms with Crippen LogP contribution in [-0.2, 0) is 47.6 Å². The van der Waals surface area contributed by atoms with Crippen molar-refractivity contribution in [3.8, 4) is 22.3 Å². The summed E-state index contributed by atoms with van der Waals surface area (Å²) in [6.07, 6.45) is 2.07. The monoisotopic (exact) mass is 788 g/mol. The van der Waals surface area contributed by atoms with Crippen LogP contribution in [0.25, 0.3) is 22.3 Å². The van der Waals surface area contributed by atoms with Gasteiger partial charge in [0.2, 0.25) is 0 Å². The second-order valence-corrected chi connectivity index (χ2v) is 16.6. The van der Waals surface area contributed by atoms with Gasteiger partial charge in [-0.25, -0.2) is 0 Å². The van der Waals surface area contributed by atoms with E-state index in [1.54, 1.807) is 0 Å². The third-order valence-corrected chi connectivity index (χ3v) is 11.3. The summed E-state index contributed by atoms with van der Waals surface area (Å²) in [5.74, 6) is 0. The number of benzene rings is 6. The molecule has 0 fully saturated rings. The Bertz CT molecular complexity index is 1890. The standard InChI is InChI=1S/C21H25.C13H9.C13H10.Hf/c1-20(2,3)16-7-9-18-14(12-16)11-15-13-17(21(4,5)6)8-10-19(15)18;1-3-7-12-10(5-1)9-11-6-2-4-8-13(11)12;1-3-7-12(8-4-1)11-13-9-5-2-6-10-13;/h7-10,12H,11H2,1-6H3;1-5,7-8H,9H2;1-10H;/q2*-1;;+2. The molecule has 0 saturated heterocycles. The average molecular weight is 787 g/mol. The Morgan fingerprint density at radius 1 is 0.521 bits per heavy atom. The number of hydrogen-bond acceptors (Lipinski definition) is 0. The van der Waals surface area contributed by atoms with Crippen LogP contribution in [0, 0.1) is 12.1 Å². The first kappa shape index (κ1) is 33.9. The molecule has 1 heteroatoms. The van der Waals surface area contributed by atoms with Crippen molar-refractivity contribution in [1.29, 1.82) is 0 Å². The molecule has 0 amide bonds. The molecule has 0 radical (unpaired) electrons. The normalized spacial score (nSPS) is 12.3. The van der Waals surface area contributed by atoms with Crippen molar-refractivity contribution < 1.29 is 23.9 Å². The van der Waals surface area contributed by atoms with E-state index >= 15 is 0 Å². The van der Waals surface area contributed by atoms with Crippen LogP contribution in [0.5, 0.6) is 0 Å². The van der Waals surface area contributed by atoms with E-state index in [0.717, 1.165) is 36.7 Å². The van der Waals surface area contributed by atoms with E-state index in [0.29, 0.717) is 0 Å². The van der Waals surface area contributed by atoms with Gasteiger partial charge in [-0.05, 0) is 34.8 Å². The molecule has 0 unspecified atom stereocenters. The maximum Gasteiger partial charge on any atom is -0.0253 e. The van der Waals surface area contributed by atoms with Crippen LogP contribution in [-0.4, -0.2) is 3.26 Å². The first-order valence-corrected chi connectivity index (χ1v) is 18.8. The fourth-order valence-electron chi connectivity index (χ4n) is 6.40. The van der Waals surface area contributed by atoms with Gasteiger partial charge in [-0.1, -0.05) is 101 Å². The Balaban J connectivity index is 0.000000130. The van der Waals surface area contributed by atoms with Crippen LogP contribution < -0.4 is 0 Å². The van der Waals surface area contributed by atoms with Crippen molar-refractivity contribution in [2.45, 2.75) is 65.2 Å². The minimum Gasteiger partial charge on any atom is -0.179 e. The molecule has 0 bridgehead atoms. The van der Waals surface area contributed by atoms with E-state index in [4.69, 9.17) is 0 Å². The van der Waals surface area contributed by atoms with E-state index in [1.807, 2.05) is 6.07 Å². The molecular formula is C47H44Hf. The predicted octanol–water partition coefficient (Wildman–Crippen LogP) is 11.5. The third kappa shape index (κ3) is 7.68. The first-order valence-electron chi connectivity index (χ1n) is 17.0. The van der Waals surface area contributed by atoms with Gasteiger partial charge in [0.1, 0.15) is 0 Å². The topological polar surface area (TPSA) is 0 Å². The van der Waals surface area contributed by atoms with E-state index in [1.165, 1.54) is 70.0 Å². The third-order valence-electron chi connectivity index (χ3n) is 9.21. The van der Waals surface area contributed by atoms with Crippen molar-refractivity contribution >= 4 is 3.26 Å². The molecule has 8 rings (SSSR count). The Labute approximate surface area is 303 Å². The van der Waals surface area contributed by atoms with Crippen molar-refractivity contribution in [2.24, 2.45) is 0 Å². The van der Waals surface area contributed by atoms with Gasteiger partial charge in [-0.2, -0.15) is 53.6 Å². The zero-order valence-corrected chi connectivity index (χ0v) is 32.7. The minimum absolute atomic E-state index is 0.167. The van der Waals surface area contributed by atoms with E-state index < -0.39 is 0 Å². The van der Waals surface area contributed by atoms with Crippen molar-refractivity contribution in [2.75, 3.05) is 0 Å². The summed E-state index contributed by atoms with van der Waals surface area (Å²) in [4.78, 5) is 0. The van der Waals surface area contributed by atoms with Crippen LogP contribution in [0.4, 0.5) is 0 Å². The zero-order chi connectivity index (χ0) is 33.9. The largest absolute Gasteiger partial charge is 0.179 e. The quantitative estimate of drug-likeness (QED) is 0.121. The molecule has 236 valence electrons. The second kappa shape index (κ2) is 14.3. The van der Waals surface area contributed by atoms with Gasteiger partial charge < -0.3 is 0 Å². The molecule has 48 heavy (non-hydrogen) atoms. The van der Waals surface area contributed by atoms with Crippen LogP contribution >= 0.6 is 0 Å². The Hall–Kier alpha value is -3.94. The molecule has 0 aliphatic heterocycles. The van der Waals surface area contributed by atoms with Crippen LogP contribution in [0.1, 0.15) is 86.1 Å². The zero-order valence-electron chi connectivity index (χ0n) is 29.1. The molecule has 0 nitrogen and oxygen atoms in total. The SMILES string of the molecule is CC(C)(C)c1[c-]c2c(cc1)-c1ccc(C(C)(C)C)cc1C2.[Hf+2]=[C](c1ccccc1)c1ccccc1.[c-]1cccc2c1Cc1ccccc1-2. The molecule has 0 atom stereocenters. The maximum atomic E-state index is 3.67. The summed E-state index contributed by atoms with van der Waals surface area (Å²) in [5, 5.41) is 0. The number of rotatable bonds is 2. The smallest absolute Gasteiger partial charge is 0.0253 e. The Morgan fingerprint density at radius 3 is 1.71 bits per heavy atom. The molecule has 0 aromatic heterocycles. The van der Waals surface area contributed by atoms with E-state index in [-0.39, 0.29) is 10.8 Å². The fraction of sp³-hybridized carbons (Fsp3) is 0.213. The average Bonchev–Trinajstić information content (AvgIpc) is 3.66. The summed E-state index contributed by atoms with van der Waals surface area (Å²) in [5.41, 5.74) is 16.9. The molecule has 6 aromatic rings. The van der Waals surface area contributed by atoms with Crippen LogP contribution in [0.15, 0.2) is 133 Å². The van der Waals surface area contributed by atoms with Crippen molar-refractivity contribution in [3.63, 3.8) is 0 Å². The summed E-state index contributed by atoms with van der Waals surface area (Å²) >= 11 is 1.08. The van der Waals surface area contributed by atoms with Gasteiger partial charge in [-0.3, -0.25) is 0 Å². The Morgan fingerprint density at radius 2 is 1.06 bits per heavy atom. The molecule has 2 aliphatic rings. The van der Waals surface area contributed by atoms with Gasteiger partial charge in [0.15, 0.2) is 0 Å². The van der Waals surface area contributed by atoms with Gasteiger partial charge in [0.05, 0.1) is 0 Å². The van der Waals surface area contributed by atoms with E-state index in [2.05, 4.69) is 181 Å². The first-order chi connectivity index (χ1) is 23.0. The fourth-order valence-corrected chi connectivity index (χ4v) is 7.60. The molecule has 0 N–H and O–H groups in total. The van der Waals surface area contributed by atoms with Gasteiger partial charge >= 0.3 is 98.9 Å². The molecular weight excluding hydrogens is 743 g/mol. The van der Waals surface area contributed by atoms with E-state index in [9.17, 15) is 0 Å². The summed E-state index contributed by atoms with van der Waals surface area (Å²) in [6.45, 7) is 13.6. The number of fused-ring (bicyclic) bond motifs is 6. The summed E-state index contributed by atoms with van der Waals surface area (Å²) < 4.78 is 1.46. The maximum absolute atomic E-state index is 3.67. The second-order valence-electron chi connectivity index (χ2n) is 14.8. The van der Waals surface area contributed by atoms with Gasteiger partial charge in [0.25, 0.3) is 0 Å². The molecule has 2 aliphatic carbocycles.